The van der Waals surface area contributed by atoms with Gasteiger partial charge in [0.2, 0.25) is 6.41 Å². The summed E-state index contributed by atoms with van der Waals surface area (Å²) in [5, 5.41) is 0. The highest BCUT2D eigenvalue weighted by atomic mass is 16.1. The molecule has 2 aromatic heterocycles. The number of rotatable bonds is 5. The van der Waals surface area contributed by atoms with Gasteiger partial charge in [0, 0.05) is 43.5 Å². The number of hydrogen-bond acceptors (Lipinski definition) is 3. The summed E-state index contributed by atoms with van der Waals surface area (Å²) in [4.78, 5) is 20.9. The van der Waals surface area contributed by atoms with Gasteiger partial charge in [0.1, 0.15) is 5.65 Å². The molecule has 2 saturated heterocycles. The van der Waals surface area contributed by atoms with Crippen LogP contribution in [0.4, 0.5) is 0 Å². The maximum Gasteiger partial charge on any atom is 0.210 e. The zero-order valence-corrected chi connectivity index (χ0v) is 17.2. The average molecular weight is 389 g/mol. The van der Waals surface area contributed by atoms with Crippen LogP contribution in [-0.4, -0.2) is 50.8 Å². The maximum absolute atomic E-state index is 11.4. The maximum atomic E-state index is 11.4. The predicted molar refractivity (Wildman–Crippen MR) is 115 cm³/mol. The molecule has 3 aromatic rings. The third-order valence-electron chi connectivity index (χ3n) is 6.59. The van der Waals surface area contributed by atoms with Crippen LogP contribution < -0.4 is 0 Å². The number of hydrogen-bond donors (Lipinski definition) is 0. The van der Waals surface area contributed by atoms with Gasteiger partial charge in [0.25, 0.3) is 0 Å². The van der Waals surface area contributed by atoms with Crippen molar-refractivity contribution in [3.05, 3.63) is 59.9 Å². The second kappa shape index (κ2) is 7.30. The van der Waals surface area contributed by atoms with Gasteiger partial charge in [-0.3, -0.25) is 9.69 Å². The predicted octanol–water partition coefficient (Wildman–Crippen LogP) is 3.93. The normalized spacial score (nSPS) is 22.0. The fourth-order valence-corrected chi connectivity index (χ4v) is 4.99. The van der Waals surface area contributed by atoms with E-state index in [-0.39, 0.29) is 0 Å². The Hall–Kier alpha value is -2.66. The fourth-order valence-electron chi connectivity index (χ4n) is 4.99. The van der Waals surface area contributed by atoms with E-state index in [0.29, 0.717) is 18.0 Å². The summed E-state index contributed by atoms with van der Waals surface area (Å²) in [5.41, 5.74) is 5.80. The molecule has 29 heavy (non-hydrogen) atoms. The molecule has 5 heteroatoms. The van der Waals surface area contributed by atoms with Crippen LogP contribution in [0.2, 0.25) is 0 Å². The van der Waals surface area contributed by atoms with Crippen molar-refractivity contribution < 1.29 is 4.79 Å². The lowest BCUT2D eigenvalue weighted by molar-refractivity contribution is -0.123. The van der Waals surface area contributed by atoms with Crippen LogP contribution >= 0.6 is 0 Å². The van der Waals surface area contributed by atoms with E-state index in [1.165, 1.54) is 16.8 Å². The second-order valence-electron chi connectivity index (χ2n) is 8.74. The fraction of sp³-hybridized carbons (Fsp3) is 0.417. The van der Waals surface area contributed by atoms with E-state index >= 15 is 0 Å². The molecule has 2 fully saturated rings. The topological polar surface area (TPSA) is 40.9 Å². The molecule has 1 amide bonds. The number of benzene rings is 1. The van der Waals surface area contributed by atoms with Crippen LogP contribution in [0.25, 0.3) is 16.9 Å². The molecular weight excluding hydrogens is 360 g/mol. The van der Waals surface area contributed by atoms with E-state index in [2.05, 4.69) is 65.7 Å². The number of carbonyl (C=O) groups is 1. The largest absolute Gasteiger partial charge is 0.337 e. The SMILES string of the molecule is CC(C)c1ccc(-c2nc3ccccn3c2CN2CC3CCC(C2)N3C=O)cc1. The van der Waals surface area contributed by atoms with E-state index < -0.39 is 0 Å². The minimum absolute atomic E-state index is 0.360. The Balaban J connectivity index is 1.50. The minimum Gasteiger partial charge on any atom is -0.337 e. The molecule has 0 aliphatic carbocycles. The minimum atomic E-state index is 0.360. The molecule has 1 aromatic carbocycles. The van der Waals surface area contributed by atoms with Crippen molar-refractivity contribution in [2.24, 2.45) is 0 Å². The third-order valence-corrected chi connectivity index (χ3v) is 6.59. The molecule has 4 heterocycles. The van der Waals surface area contributed by atoms with Gasteiger partial charge in [-0.25, -0.2) is 4.98 Å². The summed E-state index contributed by atoms with van der Waals surface area (Å²) in [7, 11) is 0. The Labute approximate surface area is 172 Å². The van der Waals surface area contributed by atoms with Gasteiger partial charge in [-0.2, -0.15) is 0 Å². The Morgan fingerprint density at radius 1 is 1.07 bits per heavy atom. The molecule has 5 nitrogen and oxygen atoms in total. The van der Waals surface area contributed by atoms with Gasteiger partial charge in [-0.15, -0.1) is 0 Å². The van der Waals surface area contributed by atoms with Crippen molar-refractivity contribution >= 4 is 12.1 Å². The number of nitrogens with zero attached hydrogens (tertiary/aromatic N) is 4. The summed E-state index contributed by atoms with van der Waals surface area (Å²) in [6.07, 6.45) is 5.41. The number of piperazine rings is 1. The number of fused-ring (bicyclic) bond motifs is 3. The van der Waals surface area contributed by atoms with Crippen molar-refractivity contribution in [2.45, 2.75) is 51.2 Å². The van der Waals surface area contributed by atoms with Crippen molar-refractivity contribution in [3.63, 3.8) is 0 Å². The molecule has 0 spiro atoms. The molecule has 2 unspecified atom stereocenters. The molecular formula is C24H28N4O. The Morgan fingerprint density at radius 2 is 1.79 bits per heavy atom. The summed E-state index contributed by atoms with van der Waals surface area (Å²) in [6, 6.07) is 15.7. The Morgan fingerprint density at radius 3 is 2.45 bits per heavy atom. The van der Waals surface area contributed by atoms with Crippen molar-refractivity contribution in [1.29, 1.82) is 0 Å². The molecule has 0 saturated carbocycles. The molecule has 0 N–H and O–H groups in total. The first-order valence-electron chi connectivity index (χ1n) is 10.7. The monoisotopic (exact) mass is 388 g/mol. The molecule has 2 aliphatic heterocycles. The molecule has 0 radical (unpaired) electrons. The number of pyridine rings is 1. The number of imidazole rings is 1. The van der Waals surface area contributed by atoms with Gasteiger partial charge in [-0.05, 0) is 36.5 Å². The first-order chi connectivity index (χ1) is 14.1. The van der Waals surface area contributed by atoms with E-state index in [4.69, 9.17) is 4.98 Å². The molecule has 5 rings (SSSR count). The molecule has 2 atom stereocenters. The lowest BCUT2D eigenvalue weighted by atomic mass is 10.0. The standard InChI is InChI=1S/C24H28N4O/c1-17(2)18-6-8-19(9-7-18)24-22(27-12-4-3-5-23(27)25-24)15-26-13-20-10-11-21(14-26)28(20)16-29/h3-9,12,16-17,20-21H,10-11,13-15H2,1-2H3. The highest BCUT2D eigenvalue weighted by Gasteiger charge is 2.39. The lowest BCUT2D eigenvalue weighted by Crippen LogP contribution is -2.52. The summed E-state index contributed by atoms with van der Waals surface area (Å²) < 4.78 is 2.22. The average Bonchev–Trinajstić information content (AvgIpc) is 3.22. The van der Waals surface area contributed by atoms with Crippen LogP contribution in [0, 0.1) is 0 Å². The van der Waals surface area contributed by atoms with Crippen LogP contribution in [0.15, 0.2) is 48.7 Å². The highest BCUT2D eigenvalue weighted by Crippen LogP contribution is 2.32. The zero-order valence-electron chi connectivity index (χ0n) is 17.2. The first kappa shape index (κ1) is 18.4. The van der Waals surface area contributed by atoms with Crippen LogP contribution in [0.1, 0.15) is 43.9 Å². The van der Waals surface area contributed by atoms with Gasteiger partial charge in [0.15, 0.2) is 0 Å². The smallest absolute Gasteiger partial charge is 0.210 e. The van der Waals surface area contributed by atoms with Crippen LogP contribution in [0.5, 0.6) is 0 Å². The number of aromatic nitrogens is 2. The van der Waals surface area contributed by atoms with Crippen molar-refractivity contribution in [1.82, 2.24) is 19.2 Å². The lowest BCUT2D eigenvalue weighted by Gasteiger charge is -2.39. The Kier molecular flexibility index (Phi) is 4.63. The van der Waals surface area contributed by atoms with E-state index in [1.807, 2.05) is 11.0 Å². The highest BCUT2D eigenvalue weighted by molar-refractivity contribution is 5.67. The number of likely N-dealkylation sites (tertiary alicyclic amines) is 1. The van der Waals surface area contributed by atoms with Crippen LogP contribution in [0.3, 0.4) is 0 Å². The van der Waals surface area contributed by atoms with Crippen LogP contribution in [-0.2, 0) is 11.3 Å². The second-order valence-corrected chi connectivity index (χ2v) is 8.74. The first-order valence-corrected chi connectivity index (χ1v) is 10.7. The van der Waals surface area contributed by atoms with E-state index in [0.717, 1.165) is 50.2 Å². The summed E-state index contributed by atoms with van der Waals surface area (Å²) in [5.74, 6) is 0.522. The van der Waals surface area contributed by atoms with Gasteiger partial charge in [-0.1, -0.05) is 44.2 Å². The molecule has 2 bridgehead atoms. The van der Waals surface area contributed by atoms with E-state index in [1.54, 1.807) is 0 Å². The van der Waals surface area contributed by atoms with Crippen molar-refractivity contribution in [2.75, 3.05) is 13.1 Å². The molecule has 150 valence electrons. The third kappa shape index (κ3) is 3.23. The Bertz CT molecular complexity index is 1010. The van der Waals surface area contributed by atoms with Gasteiger partial charge in [0.05, 0.1) is 11.4 Å². The van der Waals surface area contributed by atoms with Gasteiger partial charge < -0.3 is 9.30 Å². The summed E-state index contributed by atoms with van der Waals surface area (Å²) >= 11 is 0. The number of carbonyl (C=O) groups excluding carboxylic acids is 1. The quantitative estimate of drug-likeness (QED) is 0.622. The van der Waals surface area contributed by atoms with Gasteiger partial charge >= 0.3 is 0 Å². The molecule has 2 aliphatic rings. The van der Waals surface area contributed by atoms with Crippen molar-refractivity contribution in [3.8, 4) is 11.3 Å². The zero-order chi connectivity index (χ0) is 20.0. The van der Waals surface area contributed by atoms with E-state index in [9.17, 15) is 4.79 Å². The summed E-state index contributed by atoms with van der Waals surface area (Å²) in [6.45, 7) is 7.19. The number of amides is 1.